The van der Waals surface area contributed by atoms with E-state index in [2.05, 4.69) is 5.32 Å². The standard InChI is InChI=1S/C25H28N2O4/c1-3-31-25(30)24-18(2)27(23(29)16-21(24)20-12-8-5-9-13-20)17-22(28)26-15-14-19-10-6-4-7-11-19/h4-13,21H,3,14-17H2,1-2H3,(H,26,28). The molecule has 3 rings (SSSR count). The summed E-state index contributed by atoms with van der Waals surface area (Å²) in [4.78, 5) is 39.5. The summed E-state index contributed by atoms with van der Waals surface area (Å²) in [5.41, 5.74) is 2.92. The molecule has 0 aromatic heterocycles. The fourth-order valence-electron chi connectivity index (χ4n) is 3.84. The highest BCUT2D eigenvalue weighted by Gasteiger charge is 2.37. The second kappa shape index (κ2) is 10.6. The maximum Gasteiger partial charge on any atom is 0.336 e. The number of ether oxygens (including phenoxy) is 1. The summed E-state index contributed by atoms with van der Waals surface area (Å²) in [7, 11) is 0. The van der Waals surface area contributed by atoms with E-state index >= 15 is 0 Å². The second-order valence-corrected chi connectivity index (χ2v) is 7.45. The Labute approximate surface area is 182 Å². The third-order valence-corrected chi connectivity index (χ3v) is 5.40. The van der Waals surface area contributed by atoms with Crippen LogP contribution in [0, 0.1) is 0 Å². The van der Waals surface area contributed by atoms with E-state index in [0.29, 0.717) is 24.2 Å². The molecule has 0 aliphatic carbocycles. The molecule has 1 atom stereocenters. The van der Waals surface area contributed by atoms with Crippen LogP contribution in [0.5, 0.6) is 0 Å². The SMILES string of the molecule is CCOC(=O)C1=C(C)N(CC(=O)NCCc2ccccc2)C(=O)CC1c1ccccc1. The first-order chi connectivity index (χ1) is 15.0. The number of hydrogen-bond donors (Lipinski definition) is 1. The summed E-state index contributed by atoms with van der Waals surface area (Å²) in [5.74, 6) is -1.27. The van der Waals surface area contributed by atoms with Gasteiger partial charge in [0.25, 0.3) is 0 Å². The van der Waals surface area contributed by atoms with Crippen LogP contribution in [0.1, 0.15) is 37.3 Å². The fourth-order valence-corrected chi connectivity index (χ4v) is 3.84. The monoisotopic (exact) mass is 420 g/mol. The number of amides is 2. The zero-order valence-corrected chi connectivity index (χ0v) is 18.0. The highest BCUT2D eigenvalue weighted by molar-refractivity contribution is 5.97. The molecule has 0 fully saturated rings. The lowest BCUT2D eigenvalue weighted by molar-refractivity contribution is -0.141. The van der Waals surface area contributed by atoms with E-state index < -0.39 is 5.97 Å². The molecular formula is C25H28N2O4. The van der Waals surface area contributed by atoms with Gasteiger partial charge in [0.1, 0.15) is 6.54 Å². The number of nitrogens with one attached hydrogen (secondary N) is 1. The Bertz CT molecular complexity index is 954. The first-order valence-electron chi connectivity index (χ1n) is 10.5. The first-order valence-corrected chi connectivity index (χ1v) is 10.5. The third-order valence-electron chi connectivity index (χ3n) is 5.40. The number of carbonyl (C=O) groups is 3. The number of benzene rings is 2. The van der Waals surface area contributed by atoms with Crippen molar-refractivity contribution in [1.82, 2.24) is 10.2 Å². The van der Waals surface area contributed by atoms with Gasteiger partial charge in [0.2, 0.25) is 11.8 Å². The molecule has 31 heavy (non-hydrogen) atoms. The smallest absolute Gasteiger partial charge is 0.336 e. The van der Waals surface area contributed by atoms with Crippen molar-refractivity contribution in [3.8, 4) is 0 Å². The maximum atomic E-state index is 12.9. The predicted molar refractivity (Wildman–Crippen MR) is 118 cm³/mol. The summed E-state index contributed by atoms with van der Waals surface area (Å²) in [6.45, 7) is 4.05. The van der Waals surface area contributed by atoms with Gasteiger partial charge in [-0.1, -0.05) is 60.7 Å². The molecule has 2 aromatic rings. The molecule has 162 valence electrons. The Morgan fingerprint density at radius 3 is 2.35 bits per heavy atom. The van der Waals surface area contributed by atoms with Crippen molar-refractivity contribution in [2.24, 2.45) is 0 Å². The van der Waals surface area contributed by atoms with Crippen molar-refractivity contribution >= 4 is 17.8 Å². The Kier molecular flexibility index (Phi) is 7.60. The number of rotatable bonds is 8. The van der Waals surface area contributed by atoms with Crippen LogP contribution < -0.4 is 5.32 Å². The lowest BCUT2D eigenvalue weighted by Gasteiger charge is -2.34. The average Bonchev–Trinajstić information content (AvgIpc) is 2.77. The lowest BCUT2D eigenvalue weighted by Crippen LogP contribution is -2.44. The minimum atomic E-state index is -0.448. The van der Waals surface area contributed by atoms with Crippen LogP contribution in [-0.2, 0) is 25.5 Å². The molecule has 2 aromatic carbocycles. The van der Waals surface area contributed by atoms with E-state index in [9.17, 15) is 14.4 Å². The number of carbonyl (C=O) groups excluding carboxylic acids is 3. The van der Waals surface area contributed by atoms with Gasteiger partial charge in [-0.3, -0.25) is 9.59 Å². The Hall–Kier alpha value is -3.41. The highest BCUT2D eigenvalue weighted by Crippen LogP contribution is 2.36. The predicted octanol–water partition coefficient (Wildman–Crippen LogP) is 3.20. The number of hydrogen-bond acceptors (Lipinski definition) is 4. The Morgan fingerprint density at radius 2 is 1.71 bits per heavy atom. The van der Waals surface area contributed by atoms with Crippen molar-refractivity contribution in [1.29, 1.82) is 0 Å². The van der Waals surface area contributed by atoms with Gasteiger partial charge >= 0.3 is 5.97 Å². The van der Waals surface area contributed by atoms with Crippen LogP contribution >= 0.6 is 0 Å². The summed E-state index contributed by atoms with van der Waals surface area (Å²) in [6.07, 6.45) is 0.826. The Balaban J connectivity index is 1.74. The van der Waals surface area contributed by atoms with Gasteiger partial charge in [0.15, 0.2) is 0 Å². The molecule has 1 unspecified atom stereocenters. The molecule has 0 saturated heterocycles. The molecule has 6 heteroatoms. The van der Waals surface area contributed by atoms with Gasteiger partial charge in [-0.15, -0.1) is 0 Å². The van der Waals surface area contributed by atoms with Crippen molar-refractivity contribution in [3.05, 3.63) is 83.1 Å². The number of esters is 1. The van der Waals surface area contributed by atoms with E-state index in [1.165, 1.54) is 4.90 Å². The van der Waals surface area contributed by atoms with Crippen molar-refractivity contribution in [2.45, 2.75) is 32.6 Å². The summed E-state index contributed by atoms with van der Waals surface area (Å²) in [6, 6.07) is 19.3. The van der Waals surface area contributed by atoms with Crippen LogP contribution in [0.25, 0.3) is 0 Å². The van der Waals surface area contributed by atoms with Crippen molar-refractivity contribution in [3.63, 3.8) is 0 Å². The average molecular weight is 421 g/mol. The Morgan fingerprint density at radius 1 is 1.06 bits per heavy atom. The van der Waals surface area contributed by atoms with Crippen LogP contribution in [0.2, 0.25) is 0 Å². The number of allylic oxidation sites excluding steroid dienone is 1. The quantitative estimate of drug-likeness (QED) is 0.666. The summed E-state index contributed by atoms with van der Waals surface area (Å²) < 4.78 is 5.27. The minimum Gasteiger partial charge on any atom is -0.463 e. The minimum absolute atomic E-state index is 0.118. The van der Waals surface area contributed by atoms with E-state index in [0.717, 1.165) is 11.1 Å². The van der Waals surface area contributed by atoms with Gasteiger partial charge in [-0.05, 0) is 31.4 Å². The highest BCUT2D eigenvalue weighted by atomic mass is 16.5. The van der Waals surface area contributed by atoms with Crippen molar-refractivity contribution < 1.29 is 19.1 Å². The second-order valence-electron chi connectivity index (χ2n) is 7.45. The van der Waals surface area contributed by atoms with E-state index in [1.807, 2.05) is 60.7 Å². The summed E-state index contributed by atoms with van der Waals surface area (Å²) >= 11 is 0. The zero-order valence-electron chi connectivity index (χ0n) is 18.0. The fraction of sp³-hybridized carbons (Fsp3) is 0.320. The van der Waals surface area contributed by atoms with Gasteiger partial charge in [0.05, 0.1) is 12.2 Å². The van der Waals surface area contributed by atoms with Crippen LogP contribution in [0.4, 0.5) is 0 Å². The molecular weight excluding hydrogens is 392 g/mol. The van der Waals surface area contributed by atoms with Crippen LogP contribution in [-0.4, -0.2) is 42.4 Å². The zero-order chi connectivity index (χ0) is 22.2. The van der Waals surface area contributed by atoms with E-state index in [1.54, 1.807) is 13.8 Å². The molecule has 1 heterocycles. The molecule has 1 aliphatic rings. The van der Waals surface area contributed by atoms with Gasteiger partial charge < -0.3 is 15.0 Å². The largest absolute Gasteiger partial charge is 0.463 e. The van der Waals surface area contributed by atoms with E-state index in [4.69, 9.17) is 4.74 Å². The van der Waals surface area contributed by atoms with Gasteiger partial charge in [-0.2, -0.15) is 0 Å². The molecule has 0 saturated carbocycles. The van der Waals surface area contributed by atoms with E-state index in [-0.39, 0.29) is 37.3 Å². The van der Waals surface area contributed by atoms with Crippen LogP contribution in [0.15, 0.2) is 71.9 Å². The topological polar surface area (TPSA) is 75.7 Å². The molecule has 0 bridgehead atoms. The molecule has 1 aliphatic heterocycles. The molecule has 2 amide bonds. The first kappa shape index (κ1) is 22.3. The summed E-state index contributed by atoms with van der Waals surface area (Å²) in [5, 5.41) is 2.86. The maximum absolute atomic E-state index is 12.9. The molecule has 6 nitrogen and oxygen atoms in total. The van der Waals surface area contributed by atoms with Crippen molar-refractivity contribution in [2.75, 3.05) is 19.7 Å². The van der Waals surface area contributed by atoms with Gasteiger partial charge in [0, 0.05) is 24.6 Å². The van der Waals surface area contributed by atoms with Gasteiger partial charge in [-0.25, -0.2) is 4.79 Å². The van der Waals surface area contributed by atoms with Crippen LogP contribution in [0.3, 0.4) is 0 Å². The molecule has 0 radical (unpaired) electrons. The number of nitrogens with zero attached hydrogens (tertiary/aromatic N) is 1. The third kappa shape index (κ3) is 5.60. The lowest BCUT2D eigenvalue weighted by atomic mass is 9.83. The molecule has 0 spiro atoms. The normalized spacial score (nSPS) is 16.3. The molecule has 1 N–H and O–H groups in total.